The molecule has 1 fully saturated rings. The molecule has 110 valence electrons. The average molecular weight is 317 g/mol. The maximum absolute atomic E-state index is 11.1. The van der Waals surface area contributed by atoms with Crippen LogP contribution in [0.5, 0.6) is 0 Å². The molecule has 0 bridgehead atoms. The van der Waals surface area contributed by atoms with E-state index in [4.69, 9.17) is 23.2 Å². The smallest absolute Gasteiger partial charge is 0.293 e. The molecule has 0 unspecified atom stereocenters. The highest BCUT2D eigenvalue weighted by molar-refractivity contribution is 6.42. The number of halogens is 2. The van der Waals surface area contributed by atoms with Crippen LogP contribution >= 0.6 is 23.2 Å². The molecule has 20 heavy (non-hydrogen) atoms. The number of nitro groups is 1. The molecule has 1 saturated carbocycles. The fourth-order valence-electron chi connectivity index (χ4n) is 2.72. The summed E-state index contributed by atoms with van der Waals surface area (Å²) in [5, 5.41) is 14.8. The third-order valence-corrected chi connectivity index (χ3v) is 4.72. The van der Waals surface area contributed by atoms with E-state index in [9.17, 15) is 10.1 Å². The maximum atomic E-state index is 11.1. The molecular weight excluding hydrogens is 299 g/mol. The summed E-state index contributed by atoms with van der Waals surface area (Å²) in [6.45, 7) is 2.94. The van der Waals surface area contributed by atoms with E-state index in [-0.39, 0.29) is 16.1 Å². The molecule has 0 atom stereocenters. The van der Waals surface area contributed by atoms with Gasteiger partial charge in [-0.1, -0.05) is 49.4 Å². The van der Waals surface area contributed by atoms with Crippen LogP contribution in [0.1, 0.15) is 39.0 Å². The van der Waals surface area contributed by atoms with Gasteiger partial charge in [0.25, 0.3) is 5.69 Å². The number of nitro benzene ring substituents is 1. The van der Waals surface area contributed by atoms with Crippen LogP contribution in [-0.2, 0) is 0 Å². The lowest BCUT2D eigenvalue weighted by Crippen LogP contribution is -2.29. The Hall–Kier alpha value is -1.00. The van der Waals surface area contributed by atoms with Gasteiger partial charge in [0, 0.05) is 12.6 Å². The second kappa shape index (κ2) is 6.19. The van der Waals surface area contributed by atoms with Gasteiger partial charge < -0.3 is 5.32 Å². The Kier molecular flexibility index (Phi) is 4.76. The predicted molar refractivity (Wildman–Crippen MR) is 82.8 cm³/mol. The summed E-state index contributed by atoms with van der Waals surface area (Å²) in [7, 11) is 0. The lowest BCUT2D eigenvalue weighted by molar-refractivity contribution is -0.383. The molecule has 1 aromatic carbocycles. The van der Waals surface area contributed by atoms with E-state index in [1.54, 1.807) is 0 Å². The minimum atomic E-state index is -0.437. The number of nitrogens with zero attached hydrogens (tertiary/aromatic N) is 1. The molecule has 0 aromatic heterocycles. The molecule has 1 aliphatic rings. The largest absolute Gasteiger partial charge is 0.379 e. The fraction of sp³-hybridized carbons (Fsp3) is 0.571. The molecule has 0 heterocycles. The van der Waals surface area contributed by atoms with E-state index >= 15 is 0 Å². The molecule has 4 nitrogen and oxygen atoms in total. The van der Waals surface area contributed by atoms with Crippen molar-refractivity contribution in [2.24, 2.45) is 5.41 Å². The Balaban J connectivity index is 2.16. The van der Waals surface area contributed by atoms with Gasteiger partial charge in [-0.25, -0.2) is 0 Å². The summed E-state index contributed by atoms with van der Waals surface area (Å²) in [5.74, 6) is 0. The van der Waals surface area contributed by atoms with Crippen molar-refractivity contribution in [3.63, 3.8) is 0 Å². The molecular formula is C14H18Cl2N2O2. The molecule has 0 amide bonds. The van der Waals surface area contributed by atoms with Gasteiger partial charge >= 0.3 is 0 Å². The van der Waals surface area contributed by atoms with Crippen LogP contribution < -0.4 is 5.32 Å². The quantitative estimate of drug-likeness (QED) is 0.607. The zero-order valence-corrected chi connectivity index (χ0v) is 12.9. The van der Waals surface area contributed by atoms with Crippen molar-refractivity contribution in [2.75, 3.05) is 11.9 Å². The lowest BCUT2D eigenvalue weighted by Gasteiger charge is -2.34. The third-order valence-electron chi connectivity index (χ3n) is 4.00. The highest BCUT2D eigenvalue weighted by atomic mass is 35.5. The van der Waals surface area contributed by atoms with Crippen LogP contribution in [0.3, 0.4) is 0 Å². The Morgan fingerprint density at radius 1 is 1.25 bits per heavy atom. The average Bonchev–Trinajstić information content (AvgIpc) is 2.40. The van der Waals surface area contributed by atoms with Crippen LogP contribution in [0.25, 0.3) is 0 Å². The fourth-order valence-corrected chi connectivity index (χ4v) is 3.04. The molecule has 1 N–H and O–H groups in total. The van der Waals surface area contributed by atoms with Crippen molar-refractivity contribution < 1.29 is 4.92 Å². The molecule has 1 aromatic rings. The van der Waals surface area contributed by atoms with E-state index in [0.29, 0.717) is 17.3 Å². The number of hydrogen-bond donors (Lipinski definition) is 1. The van der Waals surface area contributed by atoms with E-state index in [1.807, 2.05) is 0 Å². The first-order chi connectivity index (χ1) is 9.41. The van der Waals surface area contributed by atoms with Crippen LogP contribution in [0.15, 0.2) is 12.1 Å². The first kappa shape index (κ1) is 15.4. The highest BCUT2D eigenvalue weighted by Gasteiger charge is 2.27. The van der Waals surface area contributed by atoms with Gasteiger partial charge in [0.15, 0.2) is 0 Å². The number of rotatable bonds is 4. The van der Waals surface area contributed by atoms with Gasteiger partial charge in [0.1, 0.15) is 5.69 Å². The minimum absolute atomic E-state index is 0.0289. The summed E-state index contributed by atoms with van der Waals surface area (Å²) < 4.78 is 0. The van der Waals surface area contributed by atoms with Gasteiger partial charge in [-0.3, -0.25) is 10.1 Å². The van der Waals surface area contributed by atoms with Gasteiger partial charge in [-0.15, -0.1) is 0 Å². The van der Waals surface area contributed by atoms with Crippen molar-refractivity contribution in [3.8, 4) is 0 Å². The standard InChI is InChI=1S/C14H18Cl2N2O2/c1-14(5-3-2-4-6-14)9-17-12-7-10(15)11(16)8-13(12)18(19)20/h7-8,17H,2-6,9H2,1H3. The van der Waals surface area contributed by atoms with Gasteiger partial charge in [0.2, 0.25) is 0 Å². The Morgan fingerprint density at radius 2 is 1.85 bits per heavy atom. The second-order valence-corrected chi connectivity index (χ2v) is 6.58. The maximum Gasteiger partial charge on any atom is 0.293 e. The predicted octanol–water partition coefficient (Wildman–Crippen LogP) is 5.28. The first-order valence-corrected chi connectivity index (χ1v) is 7.54. The van der Waals surface area contributed by atoms with Crippen molar-refractivity contribution in [1.82, 2.24) is 0 Å². The van der Waals surface area contributed by atoms with E-state index in [1.165, 1.54) is 31.4 Å². The molecule has 0 saturated heterocycles. The Labute approximate surface area is 128 Å². The topological polar surface area (TPSA) is 55.2 Å². The van der Waals surface area contributed by atoms with Crippen LogP contribution in [0, 0.1) is 15.5 Å². The van der Waals surface area contributed by atoms with Crippen LogP contribution in [0.2, 0.25) is 10.0 Å². The van der Waals surface area contributed by atoms with Crippen molar-refractivity contribution in [3.05, 3.63) is 32.3 Å². The monoisotopic (exact) mass is 316 g/mol. The van der Waals surface area contributed by atoms with E-state index < -0.39 is 4.92 Å². The zero-order valence-electron chi connectivity index (χ0n) is 11.4. The van der Waals surface area contributed by atoms with Gasteiger partial charge in [-0.2, -0.15) is 0 Å². The minimum Gasteiger partial charge on any atom is -0.379 e. The third kappa shape index (κ3) is 3.55. The van der Waals surface area contributed by atoms with E-state index in [2.05, 4.69) is 12.2 Å². The molecule has 0 spiro atoms. The summed E-state index contributed by atoms with van der Waals surface area (Å²) in [6.07, 6.45) is 6.02. The number of anilines is 1. The van der Waals surface area contributed by atoms with Crippen LogP contribution in [0.4, 0.5) is 11.4 Å². The summed E-state index contributed by atoms with van der Waals surface area (Å²) >= 11 is 11.8. The molecule has 2 rings (SSSR count). The number of nitrogens with one attached hydrogen (secondary N) is 1. The molecule has 0 radical (unpaired) electrons. The van der Waals surface area contributed by atoms with E-state index in [0.717, 1.165) is 12.8 Å². The zero-order chi connectivity index (χ0) is 14.8. The normalized spacial score (nSPS) is 17.8. The van der Waals surface area contributed by atoms with Crippen LogP contribution in [-0.4, -0.2) is 11.5 Å². The SMILES string of the molecule is CC1(CNc2cc(Cl)c(Cl)cc2[N+](=O)[O-])CCCCC1. The van der Waals surface area contributed by atoms with Gasteiger partial charge in [-0.05, 0) is 24.3 Å². The number of benzene rings is 1. The highest BCUT2D eigenvalue weighted by Crippen LogP contribution is 2.38. The molecule has 0 aliphatic heterocycles. The number of hydrogen-bond acceptors (Lipinski definition) is 3. The summed E-state index contributed by atoms with van der Waals surface area (Å²) in [6, 6.07) is 2.84. The van der Waals surface area contributed by atoms with Crippen molar-refractivity contribution >= 4 is 34.6 Å². The Morgan fingerprint density at radius 3 is 2.45 bits per heavy atom. The molecule has 6 heteroatoms. The summed E-state index contributed by atoms with van der Waals surface area (Å²) in [4.78, 5) is 10.6. The first-order valence-electron chi connectivity index (χ1n) is 6.79. The molecule has 1 aliphatic carbocycles. The van der Waals surface area contributed by atoms with Crippen molar-refractivity contribution in [1.29, 1.82) is 0 Å². The van der Waals surface area contributed by atoms with Gasteiger partial charge in [0.05, 0.1) is 15.0 Å². The second-order valence-electron chi connectivity index (χ2n) is 5.77. The Bertz CT molecular complexity index is 514. The lowest BCUT2D eigenvalue weighted by atomic mass is 9.76. The van der Waals surface area contributed by atoms with Crippen molar-refractivity contribution in [2.45, 2.75) is 39.0 Å². The summed E-state index contributed by atoms with van der Waals surface area (Å²) in [5.41, 5.74) is 0.605.